The van der Waals surface area contributed by atoms with Gasteiger partial charge in [0, 0.05) is 12.6 Å². The van der Waals surface area contributed by atoms with E-state index in [0.717, 1.165) is 32.4 Å². The van der Waals surface area contributed by atoms with Crippen LogP contribution < -0.4 is 20.3 Å². The lowest BCUT2D eigenvalue weighted by Crippen LogP contribution is -2.25. The molecule has 1 aromatic heterocycles. The van der Waals surface area contributed by atoms with Gasteiger partial charge >= 0.3 is 0 Å². The number of hydrogen-bond donors (Lipinski definition) is 1. The van der Waals surface area contributed by atoms with Gasteiger partial charge in [-0.3, -0.25) is 9.36 Å². The molecule has 2 aromatic carbocycles. The van der Waals surface area contributed by atoms with E-state index in [1.807, 2.05) is 0 Å². The Kier molecular flexibility index (Phi) is 7.24. The summed E-state index contributed by atoms with van der Waals surface area (Å²) in [5.41, 5.74) is 1.77. The minimum Gasteiger partial charge on any atom is -0.494 e. The Morgan fingerprint density at radius 3 is 2.65 bits per heavy atom. The van der Waals surface area contributed by atoms with Gasteiger partial charge < -0.3 is 14.8 Å². The van der Waals surface area contributed by atoms with Gasteiger partial charge in [-0.25, -0.2) is 4.39 Å². The van der Waals surface area contributed by atoms with Gasteiger partial charge in [-0.1, -0.05) is 18.2 Å². The van der Waals surface area contributed by atoms with E-state index in [9.17, 15) is 9.18 Å². The van der Waals surface area contributed by atoms with Crippen molar-refractivity contribution in [1.82, 2.24) is 14.9 Å². The van der Waals surface area contributed by atoms with Crippen LogP contribution in [0.5, 0.6) is 11.8 Å². The molecule has 0 aliphatic carbocycles. The van der Waals surface area contributed by atoms with E-state index in [4.69, 9.17) is 19.7 Å². The first-order valence-electron chi connectivity index (χ1n) is 11.3. The van der Waals surface area contributed by atoms with Crippen molar-refractivity contribution in [3.8, 4) is 40.2 Å². The summed E-state index contributed by atoms with van der Waals surface area (Å²) in [5, 5.41) is 12.5. The third kappa shape index (κ3) is 4.95. The van der Waals surface area contributed by atoms with Crippen LogP contribution in [-0.4, -0.2) is 36.4 Å². The number of methoxy groups -OCH3 is 1. The van der Waals surface area contributed by atoms with Crippen LogP contribution in [0.1, 0.15) is 24.8 Å². The molecule has 34 heavy (non-hydrogen) atoms. The molecule has 0 bridgehead atoms. The molecule has 1 aliphatic heterocycles. The first-order valence-corrected chi connectivity index (χ1v) is 11.3. The molecule has 7 nitrogen and oxygen atoms in total. The maximum absolute atomic E-state index is 14.5. The van der Waals surface area contributed by atoms with Crippen molar-refractivity contribution in [3.63, 3.8) is 0 Å². The second-order valence-electron chi connectivity index (χ2n) is 8.38. The van der Waals surface area contributed by atoms with Crippen molar-refractivity contribution < 1.29 is 13.9 Å². The van der Waals surface area contributed by atoms with E-state index in [1.54, 1.807) is 37.4 Å². The topological polar surface area (TPSA) is 89.2 Å². The normalized spacial score (nSPS) is 15.9. The lowest BCUT2D eigenvalue weighted by molar-refractivity contribution is 0.211. The second-order valence-corrected chi connectivity index (χ2v) is 8.38. The maximum Gasteiger partial charge on any atom is 0.299 e. The SMILES string of the molecule is COc1ccc(-c2c(-c3ccc(C#N)cc3)nc(OCC3CCCNCC3)n(C)c2=O)cc1F. The van der Waals surface area contributed by atoms with Gasteiger partial charge in [-0.15, -0.1) is 0 Å². The van der Waals surface area contributed by atoms with Crippen LogP contribution in [-0.2, 0) is 7.05 Å². The Morgan fingerprint density at radius 2 is 1.94 bits per heavy atom. The average molecular weight is 463 g/mol. The zero-order valence-corrected chi connectivity index (χ0v) is 19.3. The lowest BCUT2D eigenvalue weighted by atomic mass is 9.99. The van der Waals surface area contributed by atoms with Gasteiger partial charge in [0.05, 0.1) is 36.6 Å². The number of nitrogens with one attached hydrogen (secondary N) is 1. The van der Waals surface area contributed by atoms with E-state index in [-0.39, 0.29) is 22.9 Å². The van der Waals surface area contributed by atoms with Crippen LogP contribution >= 0.6 is 0 Å². The molecule has 1 atom stereocenters. The molecular formula is C26H27FN4O3. The molecule has 0 radical (unpaired) electrons. The smallest absolute Gasteiger partial charge is 0.299 e. The van der Waals surface area contributed by atoms with Gasteiger partial charge in [0.15, 0.2) is 11.6 Å². The Morgan fingerprint density at radius 1 is 1.18 bits per heavy atom. The summed E-state index contributed by atoms with van der Waals surface area (Å²) < 4.78 is 26.9. The molecule has 2 heterocycles. The molecule has 0 saturated carbocycles. The van der Waals surface area contributed by atoms with Crippen molar-refractivity contribution in [3.05, 3.63) is 64.2 Å². The van der Waals surface area contributed by atoms with Crippen LogP contribution in [0.3, 0.4) is 0 Å². The minimum atomic E-state index is -0.574. The first kappa shape index (κ1) is 23.5. The number of nitrogens with zero attached hydrogens (tertiary/aromatic N) is 3. The quantitative estimate of drug-likeness (QED) is 0.598. The van der Waals surface area contributed by atoms with Crippen LogP contribution in [0.15, 0.2) is 47.3 Å². The van der Waals surface area contributed by atoms with Gasteiger partial charge in [0.1, 0.15) is 0 Å². The molecule has 0 amide bonds. The van der Waals surface area contributed by atoms with Gasteiger partial charge in [-0.05, 0) is 68.1 Å². The monoisotopic (exact) mass is 462 g/mol. The molecule has 0 spiro atoms. The Balaban J connectivity index is 1.79. The summed E-state index contributed by atoms with van der Waals surface area (Å²) in [7, 11) is 2.99. The average Bonchev–Trinajstić information content (AvgIpc) is 3.14. The summed E-state index contributed by atoms with van der Waals surface area (Å²) in [6.07, 6.45) is 3.13. The maximum atomic E-state index is 14.5. The van der Waals surface area contributed by atoms with Crippen LogP contribution in [0.4, 0.5) is 4.39 Å². The largest absolute Gasteiger partial charge is 0.494 e. The van der Waals surface area contributed by atoms with Gasteiger partial charge in [0.2, 0.25) is 0 Å². The predicted octanol–water partition coefficient (Wildman–Crippen LogP) is 3.90. The standard InChI is InChI=1S/C26H27FN4O3/c1-31-25(32)23(20-9-10-22(33-2)21(27)14-20)24(19-7-5-17(15-28)6-8-19)30-26(31)34-16-18-4-3-12-29-13-11-18/h5-10,14,18,29H,3-4,11-13,16H2,1-2H3. The summed E-state index contributed by atoms with van der Waals surface area (Å²) in [4.78, 5) is 18.2. The molecule has 4 rings (SSSR count). The van der Waals surface area contributed by atoms with Gasteiger partial charge in [0.25, 0.3) is 11.6 Å². The third-order valence-electron chi connectivity index (χ3n) is 6.12. The highest BCUT2D eigenvalue weighted by Gasteiger charge is 2.21. The first-order chi connectivity index (χ1) is 16.5. The van der Waals surface area contributed by atoms with Gasteiger partial charge in [-0.2, -0.15) is 10.2 Å². The van der Waals surface area contributed by atoms with E-state index in [0.29, 0.717) is 34.9 Å². The molecule has 1 unspecified atom stereocenters. The summed E-state index contributed by atoms with van der Waals surface area (Å²) in [5.74, 6) is -0.109. The number of halogens is 1. The van der Waals surface area contributed by atoms with E-state index in [1.165, 1.54) is 23.8 Å². The van der Waals surface area contributed by atoms with E-state index in [2.05, 4.69) is 11.4 Å². The van der Waals surface area contributed by atoms with Crippen molar-refractivity contribution in [2.45, 2.75) is 19.3 Å². The molecule has 1 N–H and O–H groups in total. The Bertz CT molecular complexity index is 1260. The highest BCUT2D eigenvalue weighted by atomic mass is 19.1. The highest BCUT2D eigenvalue weighted by molar-refractivity contribution is 5.80. The molecule has 3 aromatic rings. The summed E-state index contributed by atoms with van der Waals surface area (Å²) >= 11 is 0. The molecular weight excluding hydrogens is 435 g/mol. The van der Waals surface area contributed by atoms with E-state index >= 15 is 0 Å². The number of hydrogen-bond acceptors (Lipinski definition) is 6. The van der Waals surface area contributed by atoms with Crippen molar-refractivity contribution >= 4 is 0 Å². The van der Waals surface area contributed by atoms with Crippen LogP contribution in [0.2, 0.25) is 0 Å². The number of ether oxygens (including phenoxy) is 2. The number of aromatic nitrogens is 2. The fourth-order valence-corrected chi connectivity index (χ4v) is 4.16. The second kappa shape index (κ2) is 10.5. The summed E-state index contributed by atoms with van der Waals surface area (Å²) in [6.45, 7) is 2.41. The van der Waals surface area contributed by atoms with Crippen molar-refractivity contribution in [2.75, 3.05) is 26.8 Å². The Labute approximate surface area is 197 Å². The van der Waals surface area contributed by atoms with E-state index < -0.39 is 5.82 Å². The number of rotatable bonds is 6. The number of benzene rings is 2. The fourth-order valence-electron chi connectivity index (χ4n) is 4.16. The fraction of sp³-hybridized carbons (Fsp3) is 0.346. The lowest BCUT2D eigenvalue weighted by Gasteiger charge is -2.18. The Hall–Kier alpha value is -3.70. The van der Waals surface area contributed by atoms with Crippen LogP contribution in [0, 0.1) is 23.1 Å². The van der Waals surface area contributed by atoms with Crippen molar-refractivity contribution in [2.24, 2.45) is 13.0 Å². The van der Waals surface area contributed by atoms with Crippen molar-refractivity contribution in [1.29, 1.82) is 5.26 Å². The third-order valence-corrected chi connectivity index (χ3v) is 6.12. The predicted molar refractivity (Wildman–Crippen MR) is 127 cm³/mol. The molecule has 1 aliphatic rings. The zero-order valence-electron chi connectivity index (χ0n) is 19.3. The van der Waals surface area contributed by atoms with Crippen LogP contribution in [0.25, 0.3) is 22.4 Å². The summed E-state index contributed by atoms with van der Waals surface area (Å²) in [6, 6.07) is 13.4. The molecule has 1 saturated heterocycles. The molecule has 1 fully saturated rings. The molecule has 8 heteroatoms. The highest BCUT2D eigenvalue weighted by Crippen LogP contribution is 2.32. The minimum absolute atomic E-state index is 0.0892. The molecule has 176 valence electrons. The number of nitriles is 1. The zero-order chi connectivity index (χ0) is 24.1.